The maximum Gasteiger partial charge on any atom is 0.160 e. The zero-order valence-corrected chi connectivity index (χ0v) is 28.0. The molecule has 0 aliphatic heterocycles. The van der Waals surface area contributed by atoms with Crippen LogP contribution in [0, 0.1) is 19.8 Å². The van der Waals surface area contributed by atoms with Crippen LogP contribution >= 0.6 is 23.2 Å². The van der Waals surface area contributed by atoms with E-state index >= 15 is 0 Å². The second-order valence-corrected chi connectivity index (χ2v) is 11.3. The third kappa shape index (κ3) is 10.6. The lowest BCUT2D eigenvalue weighted by Gasteiger charge is -2.15. The van der Waals surface area contributed by atoms with Gasteiger partial charge in [0.15, 0.2) is 11.6 Å². The molecule has 3 aromatic rings. The number of aliphatic hydroxyl groups is 1. The van der Waals surface area contributed by atoms with Gasteiger partial charge < -0.3 is 5.11 Å². The fraction of sp³-hybridized carbons (Fsp3) is 0.351. The molecule has 1 N–H and O–H groups in total. The molecule has 0 spiro atoms. The normalized spacial score (nSPS) is 10.9. The lowest BCUT2D eigenvalue weighted by atomic mass is 9.91. The summed E-state index contributed by atoms with van der Waals surface area (Å²) in [6.07, 6.45) is 4.81. The molecule has 1 atom stereocenters. The maximum atomic E-state index is 11.4. The zero-order valence-electron chi connectivity index (χ0n) is 26.5. The van der Waals surface area contributed by atoms with E-state index in [-0.39, 0.29) is 17.3 Å². The summed E-state index contributed by atoms with van der Waals surface area (Å²) < 4.78 is 0. The number of Topliss-reactive ketones (excluding diaryl/α,β-unsaturated/α-hetero) is 2. The summed E-state index contributed by atoms with van der Waals surface area (Å²) in [6, 6.07) is 15.2. The average Bonchev–Trinajstić information content (AvgIpc) is 2.92. The van der Waals surface area contributed by atoms with Crippen LogP contribution in [-0.4, -0.2) is 16.7 Å². The Kier molecular flexibility index (Phi) is 15.6. The Morgan fingerprint density at radius 1 is 0.810 bits per heavy atom. The first kappa shape index (κ1) is 36.9. The predicted molar refractivity (Wildman–Crippen MR) is 183 cm³/mol. The van der Waals surface area contributed by atoms with Gasteiger partial charge in [0.1, 0.15) is 5.76 Å². The largest absolute Gasteiger partial charge is 0.508 e. The molecule has 3 nitrogen and oxygen atoms in total. The van der Waals surface area contributed by atoms with Gasteiger partial charge in [-0.25, -0.2) is 0 Å². The van der Waals surface area contributed by atoms with Crippen LogP contribution in [-0.2, 0) is 0 Å². The van der Waals surface area contributed by atoms with Crippen LogP contribution in [0.3, 0.4) is 0 Å². The summed E-state index contributed by atoms with van der Waals surface area (Å²) in [5.74, 6) is 0.297. The Morgan fingerprint density at radius 3 is 1.88 bits per heavy atom. The zero-order chi connectivity index (χ0) is 32.1. The lowest BCUT2D eigenvalue weighted by Crippen LogP contribution is -2.06. The minimum atomic E-state index is -0.201. The highest BCUT2D eigenvalue weighted by molar-refractivity contribution is 6.36. The molecule has 0 fully saturated rings. The van der Waals surface area contributed by atoms with Crippen LogP contribution in [0.15, 0.2) is 61.7 Å². The van der Waals surface area contributed by atoms with Crippen molar-refractivity contribution >= 4 is 46.1 Å². The number of hydrogen-bond acceptors (Lipinski definition) is 3. The summed E-state index contributed by atoms with van der Waals surface area (Å²) in [7, 11) is 0. The number of aliphatic hydroxyl groups excluding tert-OH is 1. The van der Waals surface area contributed by atoms with Crippen molar-refractivity contribution in [1.29, 1.82) is 0 Å². The summed E-state index contributed by atoms with van der Waals surface area (Å²) in [5.41, 5.74) is 7.78. The van der Waals surface area contributed by atoms with Gasteiger partial charge in [0.05, 0.1) is 0 Å². The summed E-state index contributed by atoms with van der Waals surface area (Å²) in [5, 5.41) is 10.7. The Morgan fingerprint density at radius 2 is 1.38 bits per heavy atom. The molecule has 0 saturated heterocycles. The van der Waals surface area contributed by atoms with E-state index < -0.39 is 0 Å². The SMILES string of the molecule is C=C(CCC(C)CCC)c1ccc(-c2ccc(Cl)cc2Cl)cc1C.C=C(O)c1cc(C(C)=O)c(C(C)=O)cc1C.CC. The van der Waals surface area contributed by atoms with E-state index in [1.807, 2.05) is 26.0 Å². The Hall–Kier alpha value is -3.14. The molecular formula is C37H46Cl2O3. The van der Waals surface area contributed by atoms with Gasteiger partial charge in [-0.05, 0) is 98.5 Å². The molecule has 3 aromatic carbocycles. The molecule has 0 bridgehead atoms. The van der Waals surface area contributed by atoms with Crippen LogP contribution in [0.25, 0.3) is 22.5 Å². The van der Waals surface area contributed by atoms with Crippen molar-refractivity contribution in [3.05, 3.63) is 105 Å². The molecular weight excluding hydrogens is 563 g/mol. The van der Waals surface area contributed by atoms with E-state index in [0.29, 0.717) is 26.7 Å². The lowest BCUT2D eigenvalue weighted by molar-refractivity contribution is 0.0980. The van der Waals surface area contributed by atoms with Gasteiger partial charge in [-0.15, -0.1) is 0 Å². The number of aryl methyl sites for hydroxylation is 2. The highest BCUT2D eigenvalue weighted by atomic mass is 35.5. The molecule has 0 radical (unpaired) electrons. The Bertz CT molecular complexity index is 1420. The second kappa shape index (κ2) is 17.7. The first-order valence-electron chi connectivity index (χ1n) is 14.6. The van der Waals surface area contributed by atoms with Crippen LogP contribution in [0.5, 0.6) is 0 Å². The van der Waals surface area contributed by atoms with Crippen LogP contribution in [0.2, 0.25) is 10.0 Å². The monoisotopic (exact) mass is 608 g/mol. The smallest absolute Gasteiger partial charge is 0.160 e. The quantitative estimate of drug-likeness (QED) is 0.184. The summed E-state index contributed by atoms with van der Waals surface area (Å²) in [6.45, 7) is 23.0. The third-order valence-electron chi connectivity index (χ3n) is 7.00. The molecule has 0 aliphatic carbocycles. The Balaban J connectivity index is 0.000000426. The topological polar surface area (TPSA) is 54.4 Å². The number of halogens is 2. The van der Waals surface area contributed by atoms with Gasteiger partial charge >= 0.3 is 0 Å². The van der Waals surface area contributed by atoms with Crippen LogP contribution in [0.4, 0.5) is 0 Å². The van der Waals surface area contributed by atoms with Crippen molar-refractivity contribution in [2.24, 2.45) is 5.92 Å². The van der Waals surface area contributed by atoms with Crippen molar-refractivity contribution in [1.82, 2.24) is 0 Å². The third-order valence-corrected chi connectivity index (χ3v) is 7.55. The minimum absolute atomic E-state index is 0.102. The standard InChI is InChI=1S/C22H26Cl2.C13H14O3.C2H6/c1-5-6-15(2)7-8-16(3)20-11-9-18(13-17(20)4)21-12-10-19(23)14-22(21)24;1-7-5-12(9(3)15)13(10(4)16)6-11(7)8(2)14;1-2/h9-15H,3,5-8H2,1-2,4H3;5-6,14H,2H2,1,3-4H3;1-2H3. The molecule has 1 unspecified atom stereocenters. The van der Waals surface area contributed by atoms with Crippen molar-refractivity contribution < 1.29 is 14.7 Å². The van der Waals surface area contributed by atoms with Crippen LogP contribution < -0.4 is 0 Å². The highest BCUT2D eigenvalue weighted by Crippen LogP contribution is 2.33. The van der Waals surface area contributed by atoms with E-state index in [9.17, 15) is 14.7 Å². The molecule has 5 heteroatoms. The van der Waals surface area contributed by atoms with Crippen molar-refractivity contribution in [3.8, 4) is 11.1 Å². The molecule has 42 heavy (non-hydrogen) atoms. The van der Waals surface area contributed by atoms with Gasteiger partial charge in [0.25, 0.3) is 0 Å². The molecule has 0 saturated carbocycles. The summed E-state index contributed by atoms with van der Waals surface area (Å²) >= 11 is 12.3. The van der Waals surface area contributed by atoms with Crippen molar-refractivity contribution in [3.63, 3.8) is 0 Å². The predicted octanol–water partition coefficient (Wildman–Crippen LogP) is 12.2. The van der Waals surface area contributed by atoms with Gasteiger partial charge in [-0.2, -0.15) is 0 Å². The van der Waals surface area contributed by atoms with Gasteiger partial charge in [-0.3, -0.25) is 9.59 Å². The molecule has 0 amide bonds. The number of ketones is 2. The van der Waals surface area contributed by atoms with Crippen molar-refractivity contribution in [2.75, 3.05) is 0 Å². The second-order valence-electron chi connectivity index (χ2n) is 10.5. The highest BCUT2D eigenvalue weighted by Gasteiger charge is 2.15. The number of allylic oxidation sites excluding steroid dienone is 1. The summed E-state index contributed by atoms with van der Waals surface area (Å²) in [4.78, 5) is 22.8. The number of carbonyl (C=O) groups is 2. The van der Waals surface area contributed by atoms with E-state index in [4.69, 9.17) is 23.2 Å². The molecule has 226 valence electrons. The number of carbonyl (C=O) groups excluding carboxylic acids is 2. The Labute approximate surface area is 263 Å². The molecule has 0 aliphatic rings. The van der Waals surface area contributed by atoms with E-state index in [2.05, 4.69) is 52.1 Å². The average molecular weight is 610 g/mol. The fourth-order valence-corrected chi connectivity index (χ4v) is 5.26. The molecule has 0 heterocycles. The van der Waals surface area contributed by atoms with E-state index in [1.165, 1.54) is 55.9 Å². The van der Waals surface area contributed by atoms with Gasteiger partial charge in [0, 0.05) is 32.3 Å². The van der Waals surface area contributed by atoms with Gasteiger partial charge in [0.2, 0.25) is 0 Å². The number of rotatable bonds is 10. The first-order chi connectivity index (χ1) is 19.8. The number of hydrogen-bond donors (Lipinski definition) is 1. The minimum Gasteiger partial charge on any atom is -0.508 e. The van der Waals surface area contributed by atoms with Gasteiger partial charge in [-0.1, -0.05) is 101 Å². The van der Waals surface area contributed by atoms with Crippen LogP contribution in [0.1, 0.15) is 110 Å². The molecule has 3 rings (SSSR count). The molecule has 0 aromatic heterocycles. The first-order valence-corrected chi connectivity index (χ1v) is 15.3. The maximum absolute atomic E-state index is 11.4. The fourth-order valence-electron chi connectivity index (χ4n) is 4.75. The number of benzene rings is 3. The van der Waals surface area contributed by atoms with E-state index in [0.717, 1.165) is 29.0 Å². The van der Waals surface area contributed by atoms with Crippen molar-refractivity contribution in [2.45, 2.75) is 81.1 Å². The van der Waals surface area contributed by atoms with E-state index in [1.54, 1.807) is 19.1 Å².